The number of fused-ring (bicyclic) bond motifs is 4. The molecule has 0 aromatic heterocycles. The Balaban J connectivity index is 0.000000562. The Morgan fingerprint density at radius 2 is 1.50 bits per heavy atom. The molecule has 0 saturated carbocycles. The molecule has 164 valence electrons. The second kappa shape index (κ2) is 12.1. The average molecular weight is 542 g/mol. The van der Waals surface area contributed by atoms with E-state index in [-0.39, 0.29) is 31.4 Å². The van der Waals surface area contributed by atoms with Gasteiger partial charge in [-0.3, -0.25) is 0 Å². The molecule has 4 aromatic rings. The predicted molar refractivity (Wildman–Crippen MR) is 126 cm³/mol. The van der Waals surface area contributed by atoms with Crippen molar-refractivity contribution in [3.63, 3.8) is 0 Å². The summed E-state index contributed by atoms with van der Waals surface area (Å²) < 4.78 is 1.51. The van der Waals surface area contributed by atoms with Crippen LogP contribution in [0.3, 0.4) is 0 Å². The molecule has 1 atom stereocenters. The maximum atomic E-state index is 9.25. The van der Waals surface area contributed by atoms with Gasteiger partial charge in [0.1, 0.15) is 0 Å². The molecule has 0 radical (unpaired) electrons. The minimum Gasteiger partial charge on any atom is -1.00 e. The normalized spacial score (nSPS) is 14.0. The van der Waals surface area contributed by atoms with Gasteiger partial charge < -0.3 is 29.9 Å². The molecule has 4 aromatic carbocycles. The number of hydrogen-bond donors (Lipinski definition) is 1. The van der Waals surface area contributed by atoms with Gasteiger partial charge in [0.25, 0.3) is 0 Å². The van der Waals surface area contributed by atoms with Crippen LogP contribution in [0.5, 0.6) is 0 Å². The van der Waals surface area contributed by atoms with Crippen LogP contribution < -0.4 is 24.8 Å². The molecule has 0 heterocycles. The van der Waals surface area contributed by atoms with Gasteiger partial charge >= 0.3 is 41.3 Å². The van der Waals surface area contributed by atoms with Gasteiger partial charge in [-0.1, -0.05) is 72.3 Å². The second-order valence-corrected chi connectivity index (χ2v) is 10.6. The maximum absolute atomic E-state index is 9.25. The fraction of sp³-hybridized carbons (Fsp3) is 0.214. The van der Waals surface area contributed by atoms with Crippen LogP contribution in [-0.4, -0.2) is 14.9 Å². The fourth-order valence-electron chi connectivity index (χ4n) is 4.46. The molecular formula is C28H27Cl2OZr-. The zero-order valence-electron chi connectivity index (χ0n) is 18.4. The molecule has 0 aliphatic heterocycles. The quantitative estimate of drug-likeness (QED) is 0.379. The van der Waals surface area contributed by atoms with Crippen LogP contribution in [0, 0.1) is 0 Å². The maximum Gasteiger partial charge on any atom is 0.0434 e. The van der Waals surface area contributed by atoms with E-state index in [2.05, 4.69) is 92.7 Å². The van der Waals surface area contributed by atoms with Crippen molar-refractivity contribution in [1.82, 2.24) is 0 Å². The zero-order valence-corrected chi connectivity index (χ0v) is 22.4. The predicted octanol–water partition coefficient (Wildman–Crippen LogP) is 0.767. The van der Waals surface area contributed by atoms with Gasteiger partial charge in [-0.15, -0.1) is 33.7 Å². The summed E-state index contributed by atoms with van der Waals surface area (Å²) in [4.78, 5) is 0. The van der Waals surface area contributed by atoms with Crippen molar-refractivity contribution < 1.29 is 54.2 Å². The van der Waals surface area contributed by atoms with Gasteiger partial charge in [-0.2, -0.15) is 0 Å². The van der Waals surface area contributed by atoms with E-state index in [1.165, 1.54) is 47.0 Å². The van der Waals surface area contributed by atoms with Crippen LogP contribution in [0.4, 0.5) is 0 Å². The molecule has 1 aliphatic rings. The van der Waals surface area contributed by atoms with E-state index >= 15 is 0 Å². The number of halogens is 2. The fourth-order valence-corrected chi connectivity index (χ4v) is 4.46. The van der Waals surface area contributed by atoms with Crippen LogP contribution >= 0.6 is 0 Å². The second-order valence-electron chi connectivity index (χ2n) is 8.12. The number of hydrogen-bond acceptors (Lipinski definition) is 1. The van der Waals surface area contributed by atoms with Crippen molar-refractivity contribution in [2.24, 2.45) is 0 Å². The first-order valence-electron chi connectivity index (χ1n) is 10.6. The largest absolute Gasteiger partial charge is 1.00 e. The van der Waals surface area contributed by atoms with Gasteiger partial charge in [-0.25, -0.2) is 0 Å². The summed E-state index contributed by atoms with van der Waals surface area (Å²) in [7, 11) is 0. The molecule has 0 fully saturated rings. The van der Waals surface area contributed by atoms with E-state index in [4.69, 9.17) is 0 Å². The molecule has 5 rings (SSSR count). The Hall–Kier alpha value is -1.44. The van der Waals surface area contributed by atoms with Crippen molar-refractivity contribution in [2.75, 3.05) is 6.61 Å². The molecular weight excluding hydrogens is 514 g/mol. The van der Waals surface area contributed by atoms with Crippen molar-refractivity contribution in [3.05, 3.63) is 95.6 Å². The van der Waals surface area contributed by atoms with Gasteiger partial charge in [0, 0.05) is 12.5 Å². The smallest absolute Gasteiger partial charge is 0.0434 e. The standard InChI is InChI=1S/C25H21O.C3H6.2ClH.Zr/c26-14-6-8-18-16-24(21-11-4-3-10-20(18)21)23-13-5-12-22-19-9-2-1-7-17(19)15-25(22)23;1-3-2;;;/h1-5,7,9-13,15-16,24,26H,6,8,14H2;1-2H3;2*1H;/q-1;;;;+2/p-2. The molecule has 0 amide bonds. The topological polar surface area (TPSA) is 20.2 Å². The van der Waals surface area contributed by atoms with Crippen molar-refractivity contribution in [3.8, 4) is 0 Å². The molecule has 1 nitrogen and oxygen atoms in total. The van der Waals surface area contributed by atoms with Crippen LogP contribution in [0.25, 0.3) is 27.1 Å². The van der Waals surface area contributed by atoms with Crippen LogP contribution in [0.15, 0.2) is 78.9 Å². The summed E-state index contributed by atoms with van der Waals surface area (Å²) >= 11 is 1.55. The first-order valence-corrected chi connectivity index (χ1v) is 11.8. The Labute approximate surface area is 218 Å². The number of aliphatic hydroxyl groups excluding tert-OH is 1. The summed E-state index contributed by atoms with van der Waals surface area (Å²) in [6.07, 6.45) is 4.16. The molecule has 1 N–H and O–H groups in total. The Bertz CT molecular complexity index is 1230. The van der Waals surface area contributed by atoms with E-state index in [9.17, 15) is 5.11 Å². The monoisotopic (exact) mass is 539 g/mol. The van der Waals surface area contributed by atoms with Gasteiger partial charge in [0.05, 0.1) is 0 Å². The van der Waals surface area contributed by atoms with E-state index < -0.39 is 0 Å². The summed E-state index contributed by atoms with van der Waals surface area (Å²) in [5.74, 6) is 0.292. The molecule has 0 saturated heterocycles. The summed E-state index contributed by atoms with van der Waals surface area (Å²) in [5, 5.41) is 14.6. The van der Waals surface area contributed by atoms with E-state index in [0.29, 0.717) is 5.92 Å². The van der Waals surface area contributed by atoms with Gasteiger partial charge in [0.15, 0.2) is 0 Å². The minimum atomic E-state index is 0. The van der Waals surface area contributed by atoms with Gasteiger partial charge in [-0.05, 0) is 29.5 Å². The zero-order chi connectivity index (χ0) is 21.1. The Kier molecular flexibility index (Phi) is 10.2. The Morgan fingerprint density at radius 1 is 0.875 bits per heavy atom. The van der Waals surface area contributed by atoms with E-state index in [0.717, 1.165) is 12.8 Å². The van der Waals surface area contributed by atoms with Crippen molar-refractivity contribution in [2.45, 2.75) is 32.6 Å². The summed E-state index contributed by atoms with van der Waals surface area (Å²) in [6, 6.07) is 26.4. The SMILES string of the molecule is C[C](C)=[Zr+2].OCCCC1=CC(c2cccc3c2[cH-]c2ccccc23)c2ccccc21.[Cl-].[Cl-]. The molecule has 32 heavy (non-hydrogen) atoms. The van der Waals surface area contributed by atoms with Crippen LogP contribution in [0.2, 0.25) is 0 Å². The minimum absolute atomic E-state index is 0. The van der Waals surface area contributed by atoms with Crippen molar-refractivity contribution >= 4 is 30.3 Å². The molecule has 0 bridgehead atoms. The van der Waals surface area contributed by atoms with Gasteiger partial charge in [0.2, 0.25) is 0 Å². The molecule has 1 unspecified atom stereocenters. The van der Waals surface area contributed by atoms with E-state index in [1.807, 2.05) is 0 Å². The summed E-state index contributed by atoms with van der Waals surface area (Å²) in [6.45, 7) is 4.49. The third-order valence-electron chi connectivity index (χ3n) is 5.64. The van der Waals surface area contributed by atoms with Crippen molar-refractivity contribution in [1.29, 1.82) is 0 Å². The summed E-state index contributed by atoms with van der Waals surface area (Å²) in [5.41, 5.74) is 5.48. The number of allylic oxidation sites excluding steroid dienone is 2. The third kappa shape index (κ3) is 5.54. The first kappa shape index (κ1) is 26.8. The van der Waals surface area contributed by atoms with Crippen LogP contribution in [-0.2, 0) is 24.2 Å². The molecule has 0 spiro atoms. The number of aliphatic hydroxyl groups is 1. The van der Waals surface area contributed by atoms with E-state index in [1.54, 1.807) is 24.2 Å². The van der Waals surface area contributed by atoms with Crippen LogP contribution in [0.1, 0.15) is 49.3 Å². The Morgan fingerprint density at radius 3 is 2.25 bits per heavy atom. The third-order valence-corrected chi connectivity index (χ3v) is 5.64. The number of benzene rings is 3. The number of rotatable bonds is 4. The average Bonchev–Trinajstić information content (AvgIpc) is 3.30. The molecule has 1 aliphatic carbocycles. The first-order chi connectivity index (χ1) is 14.6. The molecule has 4 heteroatoms.